The maximum absolute atomic E-state index is 13.5. The van der Waals surface area contributed by atoms with E-state index < -0.39 is 22.5 Å². The fourth-order valence-electron chi connectivity index (χ4n) is 2.40. The van der Waals surface area contributed by atoms with Gasteiger partial charge < -0.3 is 10.2 Å². The molecule has 2 rings (SSSR count). The van der Waals surface area contributed by atoms with E-state index >= 15 is 0 Å². The molecule has 5 nitrogen and oxygen atoms in total. The summed E-state index contributed by atoms with van der Waals surface area (Å²) >= 11 is 4.43. The van der Waals surface area contributed by atoms with Gasteiger partial charge in [0.2, 0.25) is 0 Å². The Hall–Kier alpha value is -1.12. The smallest absolute Gasteiger partial charge is 0.410 e. The van der Waals surface area contributed by atoms with E-state index in [9.17, 15) is 14.3 Å². The van der Waals surface area contributed by atoms with Crippen molar-refractivity contribution in [2.24, 2.45) is 4.99 Å². The van der Waals surface area contributed by atoms with Gasteiger partial charge in [0.1, 0.15) is 5.82 Å². The van der Waals surface area contributed by atoms with E-state index in [2.05, 4.69) is 26.2 Å². The largest absolute Gasteiger partial charge is 0.465 e. The first-order chi connectivity index (χ1) is 10.5. The van der Waals surface area contributed by atoms with Gasteiger partial charge in [-0.2, -0.15) is 0 Å². The number of nitrogens with zero attached hydrogens (tertiary/aromatic N) is 1. The standard InChI is InChI=1S/C15H18BrFN2O3S/c1-14(2,22)11-7-15(3,23-12(18-11)19-13(20)21)8-4-5-10(17)9(16)6-8/h4-6,11,22H,7H2,1-3H3,(H,18,19)(H,20,21)/t11-,15-/m0/s1. The molecule has 1 aromatic carbocycles. The molecule has 0 saturated heterocycles. The van der Waals surface area contributed by atoms with Crippen molar-refractivity contribution in [3.05, 3.63) is 34.1 Å². The molecule has 126 valence electrons. The number of amidine groups is 1. The lowest BCUT2D eigenvalue weighted by Crippen LogP contribution is -2.45. The summed E-state index contributed by atoms with van der Waals surface area (Å²) in [7, 11) is 0. The molecule has 1 aliphatic heterocycles. The van der Waals surface area contributed by atoms with Crippen molar-refractivity contribution in [3.63, 3.8) is 0 Å². The third-order valence-corrected chi connectivity index (χ3v) is 5.60. The number of thioether (sulfide) groups is 1. The third kappa shape index (κ3) is 4.24. The van der Waals surface area contributed by atoms with Gasteiger partial charge in [0, 0.05) is 4.75 Å². The van der Waals surface area contributed by atoms with Crippen molar-refractivity contribution < 1.29 is 19.4 Å². The molecule has 0 saturated carbocycles. The van der Waals surface area contributed by atoms with Crippen LogP contribution in [0.5, 0.6) is 0 Å². The van der Waals surface area contributed by atoms with E-state index in [1.54, 1.807) is 26.0 Å². The molecule has 0 spiro atoms. The number of carbonyl (C=O) groups is 1. The second kappa shape index (κ2) is 6.41. The second-order valence-electron chi connectivity index (χ2n) is 6.20. The Morgan fingerprint density at radius 2 is 2.22 bits per heavy atom. The Labute approximate surface area is 146 Å². The number of amides is 1. The number of rotatable bonds is 2. The van der Waals surface area contributed by atoms with Crippen molar-refractivity contribution in [1.82, 2.24) is 5.32 Å². The third-order valence-electron chi connectivity index (χ3n) is 3.74. The maximum atomic E-state index is 13.5. The number of aliphatic hydroxyl groups is 1. The lowest BCUT2D eigenvalue weighted by Gasteiger charge is -2.40. The van der Waals surface area contributed by atoms with Gasteiger partial charge in [-0.25, -0.2) is 9.18 Å². The minimum Gasteiger partial charge on any atom is -0.465 e. The number of carboxylic acid groups (broad SMARTS) is 1. The zero-order valence-corrected chi connectivity index (χ0v) is 15.3. The summed E-state index contributed by atoms with van der Waals surface area (Å²) in [6.07, 6.45) is -0.723. The molecule has 2 atom stereocenters. The first kappa shape index (κ1) is 18.2. The predicted octanol–water partition coefficient (Wildman–Crippen LogP) is 3.70. The Kier molecular flexibility index (Phi) is 5.08. The van der Waals surface area contributed by atoms with Crippen molar-refractivity contribution in [2.45, 2.75) is 43.6 Å². The van der Waals surface area contributed by atoms with Crippen LogP contribution in [-0.2, 0) is 4.75 Å². The summed E-state index contributed by atoms with van der Waals surface area (Å²) in [5, 5.41) is 21.8. The van der Waals surface area contributed by atoms with Gasteiger partial charge in [0.25, 0.3) is 0 Å². The molecule has 0 aromatic heterocycles. The van der Waals surface area contributed by atoms with Gasteiger partial charge in [-0.3, -0.25) is 10.3 Å². The number of aliphatic imine (C=N–C) groups is 1. The van der Waals surface area contributed by atoms with E-state index in [0.717, 1.165) is 5.56 Å². The van der Waals surface area contributed by atoms with Crippen LogP contribution in [0.2, 0.25) is 0 Å². The van der Waals surface area contributed by atoms with Crippen LogP contribution in [0.15, 0.2) is 27.7 Å². The number of hydrogen-bond acceptors (Lipinski definition) is 4. The quantitative estimate of drug-likeness (QED) is 0.701. The molecule has 1 amide bonds. The van der Waals surface area contributed by atoms with Gasteiger partial charge in [-0.1, -0.05) is 17.8 Å². The fourth-order valence-corrected chi connectivity index (χ4v) is 4.01. The SMILES string of the molecule is CC(C)(O)[C@@H]1C[C@@](C)(c2ccc(F)c(Br)c2)SC(NC(=O)O)=N1. The van der Waals surface area contributed by atoms with Crippen LogP contribution in [-0.4, -0.2) is 33.1 Å². The molecular weight excluding hydrogens is 387 g/mol. The minimum absolute atomic E-state index is 0.221. The van der Waals surface area contributed by atoms with Gasteiger partial charge >= 0.3 is 6.09 Å². The molecule has 23 heavy (non-hydrogen) atoms. The van der Waals surface area contributed by atoms with Crippen LogP contribution < -0.4 is 5.32 Å². The molecule has 1 aliphatic rings. The summed E-state index contributed by atoms with van der Waals surface area (Å²) in [6, 6.07) is 4.21. The first-order valence-electron chi connectivity index (χ1n) is 6.96. The Morgan fingerprint density at radius 1 is 1.57 bits per heavy atom. The number of nitrogens with one attached hydrogen (secondary N) is 1. The summed E-state index contributed by atoms with van der Waals surface area (Å²) in [5.41, 5.74) is -0.282. The van der Waals surface area contributed by atoms with Crippen molar-refractivity contribution >= 4 is 39.0 Å². The minimum atomic E-state index is -1.21. The van der Waals surface area contributed by atoms with Crippen LogP contribution in [0.25, 0.3) is 0 Å². The zero-order chi connectivity index (χ0) is 17.4. The van der Waals surface area contributed by atoms with Crippen LogP contribution in [0.3, 0.4) is 0 Å². The van der Waals surface area contributed by atoms with E-state index in [4.69, 9.17) is 5.11 Å². The summed E-state index contributed by atoms with van der Waals surface area (Å²) in [5.74, 6) is -0.366. The molecular formula is C15H18BrFN2O3S. The van der Waals surface area contributed by atoms with Gasteiger partial charge in [0.15, 0.2) is 5.17 Å². The number of halogens is 2. The van der Waals surface area contributed by atoms with Crippen molar-refractivity contribution in [2.75, 3.05) is 0 Å². The van der Waals surface area contributed by atoms with E-state index in [1.165, 1.54) is 17.8 Å². The molecule has 0 unspecified atom stereocenters. The van der Waals surface area contributed by atoms with Crippen molar-refractivity contribution in [3.8, 4) is 0 Å². The highest BCUT2D eigenvalue weighted by atomic mass is 79.9. The van der Waals surface area contributed by atoms with Gasteiger partial charge in [-0.15, -0.1) is 0 Å². The average Bonchev–Trinajstić information content (AvgIpc) is 2.39. The number of benzene rings is 1. The van der Waals surface area contributed by atoms with Crippen molar-refractivity contribution in [1.29, 1.82) is 0 Å². The zero-order valence-electron chi connectivity index (χ0n) is 12.9. The monoisotopic (exact) mass is 404 g/mol. The maximum Gasteiger partial charge on any atom is 0.410 e. The van der Waals surface area contributed by atoms with Gasteiger partial charge in [0.05, 0.1) is 16.1 Å². The highest BCUT2D eigenvalue weighted by Gasteiger charge is 2.42. The van der Waals surface area contributed by atoms with Crippen LogP contribution in [0, 0.1) is 5.82 Å². The fraction of sp³-hybridized carbons (Fsp3) is 0.467. The molecule has 1 heterocycles. The number of hydrogen-bond donors (Lipinski definition) is 3. The topological polar surface area (TPSA) is 81.9 Å². The Bertz CT molecular complexity index is 663. The highest BCUT2D eigenvalue weighted by molar-refractivity contribution is 9.10. The molecule has 8 heteroatoms. The van der Waals surface area contributed by atoms with E-state index in [0.29, 0.717) is 10.9 Å². The average molecular weight is 405 g/mol. The lowest BCUT2D eigenvalue weighted by atomic mass is 9.86. The Morgan fingerprint density at radius 3 is 2.74 bits per heavy atom. The molecule has 0 fully saturated rings. The Balaban J connectivity index is 2.43. The highest BCUT2D eigenvalue weighted by Crippen LogP contribution is 2.46. The summed E-state index contributed by atoms with van der Waals surface area (Å²) in [4.78, 5) is 15.3. The summed E-state index contributed by atoms with van der Waals surface area (Å²) < 4.78 is 13.3. The second-order valence-corrected chi connectivity index (χ2v) is 8.55. The summed E-state index contributed by atoms with van der Waals surface area (Å²) in [6.45, 7) is 5.20. The molecule has 3 N–H and O–H groups in total. The molecule has 1 aromatic rings. The first-order valence-corrected chi connectivity index (χ1v) is 8.57. The normalized spacial score (nSPS) is 25.0. The lowest BCUT2D eigenvalue weighted by molar-refractivity contribution is 0.0460. The molecule has 0 bridgehead atoms. The van der Waals surface area contributed by atoms with Crippen LogP contribution in [0.4, 0.5) is 9.18 Å². The van der Waals surface area contributed by atoms with E-state index in [1.807, 2.05) is 6.92 Å². The molecule has 0 aliphatic carbocycles. The van der Waals surface area contributed by atoms with Gasteiger partial charge in [-0.05, 0) is 60.8 Å². The van der Waals surface area contributed by atoms with E-state index in [-0.39, 0.29) is 11.0 Å². The predicted molar refractivity (Wildman–Crippen MR) is 92.3 cm³/mol. The molecule has 0 radical (unpaired) electrons. The van der Waals surface area contributed by atoms with Crippen LogP contribution >= 0.6 is 27.7 Å². The van der Waals surface area contributed by atoms with Crippen LogP contribution in [0.1, 0.15) is 32.8 Å².